The Morgan fingerprint density at radius 3 is 2.26 bits per heavy atom. The number of aliphatic hydroxyl groups excluding tert-OH is 1. The molecule has 1 saturated heterocycles. The minimum Gasteiger partial charge on any atom is -0.507 e. The van der Waals surface area contributed by atoms with Crippen LogP contribution in [0.15, 0.2) is 78.6 Å². The first-order valence-corrected chi connectivity index (χ1v) is 11.8. The van der Waals surface area contributed by atoms with Crippen molar-refractivity contribution < 1.29 is 19.4 Å². The van der Waals surface area contributed by atoms with Gasteiger partial charge in [-0.3, -0.25) is 14.6 Å². The number of ether oxygens (including phenoxy) is 1. The Balaban J connectivity index is 1.80. The van der Waals surface area contributed by atoms with Crippen molar-refractivity contribution in [3.63, 3.8) is 0 Å². The highest BCUT2D eigenvalue weighted by atomic mass is 16.5. The smallest absolute Gasteiger partial charge is 0.295 e. The highest BCUT2D eigenvalue weighted by Gasteiger charge is 2.46. The van der Waals surface area contributed by atoms with Gasteiger partial charge in [0.2, 0.25) is 0 Å². The van der Waals surface area contributed by atoms with Crippen molar-refractivity contribution >= 4 is 17.4 Å². The summed E-state index contributed by atoms with van der Waals surface area (Å²) < 4.78 is 5.68. The maximum absolute atomic E-state index is 13.2. The molecular formula is C29H30N2O4. The summed E-state index contributed by atoms with van der Waals surface area (Å²) in [6.07, 6.45) is 3.35. The van der Waals surface area contributed by atoms with E-state index in [0.29, 0.717) is 17.2 Å². The SMILES string of the molecule is CC(C)Oc1ccc(C(O)=C2C(=O)C(=O)N(Cc3cccnc3)[C@@H]2c2ccc(C(C)C)cc2)cc1. The topological polar surface area (TPSA) is 79.7 Å². The molecule has 0 bridgehead atoms. The van der Waals surface area contributed by atoms with Crippen molar-refractivity contribution in [3.8, 4) is 5.75 Å². The molecule has 180 valence electrons. The maximum atomic E-state index is 13.2. The molecule has 35 heavy (non-hydrogen) atoms. The quantitative estimate of drug-likeness (QED) is 0.276. The number of hydrogen-bond acceptors (Lipinski definition) is 5. The van der Waals surface area contributed by atoms with E-state index in [4.69, 9.17) is 4.74 Å². The second-order valence-electron chi connectivity index (χ2n) is 9.30. The summed E-state index contributed by atoms with van der Waals surface area (Å²) >= 11 is 0. The monoisotopic (exact) mass is 470 g/mol. The molecule has 2 heterocycles. The molecule has 0 aliphatic carbocycles. The first-order valence-electron chi connectivity index (χ1n) is 11.8. The average Bonchev–Trinajstić information content (AvgIpc) is 3.09. The van der Waals surface area contributed by atoms with Gasteiger partial charge < -0.3 is 14.7 Å². The number of amides is 1. The summed E-state index contributed by atoms with van der Waals surface area (Å²) in [4.78, 5) is 32.1. The predicted octanol–water partition coefficient (Wildman–Crippen LogP) is 5.61. The normalized spacial score (nSPS) is 17.4. The zero-order valence-electron chi connectivity index (χ0n) is 20.4. The van der Waals surface area contributed by atoms with Crippen LogP contribution < -0.4 is 4.74 Å². The second-order valence-corrected chi connectivity index (χ2v) is 9.30. The first kappa shape index (κ1) is 24.2. The largest absolute Gasteiger partial charge is 0.507 e. The number of benzene rings is 2. The van der Waals surface area contributed by atoms with Gasteiger partial charge in [-0.05, 0) is 66.8 Å². The van der Waals surface area contributed by atoms with Crippen molar-refractivity contribution in [2.24, 2.45) is 0 Å². The number of likely N-dealkylation sites (tertiary alicyclic amines) is 1. The lowest BCUT2D eigenvalue weighted by molar-refractivity contribution is -0.140. The Morgan fingerprint density at radius 2 is 1.69 bits per heavy atom. The van der Waals surface area contributed by atoms with Crippen LogP contribution in [0.5, 0.6) is 5.75 Å². The van der Waals surface area contributed by atoms with Gasteiger partial charge in [0, 0.05) is 24.5 Å². The van der Waals surface area contributed by atoms with E-state index >= 15 is 0 Å². The molecule has 1 aliphatic rings. The zero-order valence-corrected chi connectivity index (χ0v) is 20.4. The van der Waals surface area contributed by atoms with Crippen LogP contribution in [0.4, 0.5) is 0 Å². The Morgan fingerprint density at radius 1 is 1.00 bits per heavy atom. The van der Waals surface area contributed by atoms with Gasteiger partial charge in [0.05, 0.1) is 17.7 Å². The molecule has 1 atom stereocenters. The van der Waals surface area contributed by atoms with E-state index in [1.165, 1.54) is 4.90 Å². The highest BCUT2D eigenvalue weighted by molar-refractivity contribution is 6.46. The fourth-order valence-electron chi connectivity index (χ4n) is 4.26. The number of ketones is 1. The number of pyridine rings is 1. The van der Waals surface area contributed by atoms with Crippen LogP contribution in [0.2, 0.25) is 0 Å². The number of aliphatic hydroxyl groups is 1. The molecule has 1 N–H and O–H groups in total. The molecule has 1 aliphatic heterocycles. The lowest BCUT2D eigenvalue weighted by Crippen LogP contribution is -2.29. The highest BCUT2D eigenvalue weighted by Crippen LogP contribution is 2.40. The van der Waals surface area contributed by atoms with E-state index in [0.717, 1.165) is 16.7 Å². The molecule has 2 aromatic carbocycles. The van der Waals surface area contributed by atoms with Crippen molar-refractivity contribution in [2.45, 2.75) is 52.3 Å². The van der Waals surface area contributed by atoms with Crippen LogP contribution >= 0.6 is 0 Å². The molecule has 0 spiro atoms. The number of nitrogens with zero attached hydrogens (tertiary/aromatic N) is 2. The summed E-state index contributed by atoms with van der Waals surface area (Å²) in [6.45, 7) is 8.28. The molecule has 0 saturated carbocycles. The predicted molar refractivity (Wildman–Crippen MR) is 135 cm³/mol. The lowest BCUT2D eigenvalue weighted by atomic mass is 9.93. The number of aromatic nitrogens is 1. The minimum atomic E-state index is -0.719. The van der Waals surface area contributed by atoms with Crippen molar-refractivity contribution in [1.82, 2.24) is 9.88 Å². The Bertz CT molecular complexity index is 1230. The summed E-state index contributed by atoms with van der Waals surface area (Å²) in [5.41, 5.74) is 3.24. The molecular weight excluding hydrogens is 440 g/mol. The van der Waals surface area contributed by atoms with Gasteiger partial charge in [-0.2, -0.15) is 0 Å². The standard InChI is InChI=1S/C29H30N2O4/c1-18(2)21-7-9-22(10-8-21)26-25(27(32)23-11-13-24(14-12-23)35-19(3)4)28(33)29(34)31(26)17-20-6-5-15-30-16-20/h5-16,18-19,26,32H,17H2,1-4H3/t26-/m1/s1. The third-order valence-electron chi connectivity index (χ3n) is 6.03. The zero-order chi connectivity index (χ0) is 25.1. The summed E-state index contributed by atoms with van der Waals surface area (Å²) in [5, 5.41) is 11.3. The molecule has 1 aromatic heterocycles. The number of carbonyl (C=O) groups is 2. The van der Waals surface area contributed by atoms with Crippen LogP contribution in [-0.4, -0.2) is 32.8 Å². The minimum absolute atomic E-state index is 0.0149. The fraction of sp³-hybridized carbons (Fsp3) is 0.276. The van der Waals surface area contributed by atoms with Gasteiger partial charge in [0.25, 0.3) is 11.7 Å². The van der Waals surface area contributed by atoms with Gasteiger partial charge in [-0.15, -0.1) is 0 Å². The van der Waals surface area contributed by atoms with E-state index in [1.54, 1.807) is 42.7 Å². The summed E-state index contributed by atoms with van der Waals surface area (Å²) in [6, 6.07) is 17.7. The van der Waals surface area contributed by atoms with E-state index < -0.39 is 17.7 Å². The van der Waals surface area contributed by atoms with Crippen LogP contribution in [0.3, 0.4) is 0 Å². The van der Waals surface area contributed by atoms with Crippen molar-refractivity contribution in [2.75, 3.05) is 0 Å². The van der Waals surface area contributed by atoms with Gasteiger partial charge in [-0.1, -0.05) is 44.2 Å². The van der Waals surface area contributed by atoms with Gasteiger partial charge in [0.1, 0.15) is 11.5 Å². The Labute approximate surface area is 205 Å². The van der Waals surface area contributed by atoms with E-state index in [1.807, 2.05) is 44.2 Å². The van der Waals surface area contributed by atoms with E-state index in [-0.39, 0.29) is 24.0 Å². The molecule has 1 amide bonds. The van der Waals surface area contributed by atoms with Crippen LogP contribution in [-0.2, 0) is 16.1 Å². The summed E-state index contributed by atoms with van der Waals surface area (Å²) in [7, 11) is 0. The molecule has 0 unspecified atom stereocenters. The number of hydrogen-bond donors (Lipinski definition) is 1. The maximum Gasteiger partial charge on any atom is 0.295 e. The van der Waals surface area contributed by atoms with E-state index in [9.17, 15) is 14.7 Å². The molecule has 3 aromatic rings. The first-order chi connectivity index (χ1) is 16.8. The summed E-state index contributed by atoms with van der Waals surface area (Å²) in [5.74, 6) is -0.544. The van der Waals surface area contributed by atoms with Crippen LogP contribution in [0.1, 0.15) is 61.9 Å². The van der Waals surface area contributed by atoms with Crippen molar-refractivity contribution in [1.29, 1.82) is 0 Å². The number of Topliss-reactive ketones (excluding diaryl/α,β-unsaturated/α-hetero) is 1. The number of carbonyl (C=O) groups excluding carboxylic acids is 2. The lowest BCUT2D eigenvalue weighted by Gasteiger charge is -2.25. The second kappa shape index (κ2) is 10.1. The molecule has 4 rings (SSSR count). The van der Waals surface area contributed by atoms with Gasteiger partial charge in [0.15, 0.2) is 0 Å². The third kappa shape index (κ3) is 5.11. The van der Waals surface area contributed by atoms with Crippen LogP contribution in [0, 0.1) is 0 Å². The van der Waals surface area contributed by atoms with Crippen molar-refractivity contribution in [3.05, 3.63) is 101 Å². The Kier molecular flexibility index (Phi) is 7.01. The Hall–Kier alpha value is -3.93. The molecule has 1 fully saturated rings. The van der Waals surface area contributed by atoms with Gasteiger partial charge in [-0.25, -0.2) is 0 Å². The molecule has 6 nitrogen and oxygen atoms in total. The third-order valence-corrected chi connectivity index (χ3v) is 6.03. The average molecular weight is 471 g/mol. The van der Waals surface area contributed by atoms with E-state index in [2.05, 4.69) is 18.8 Å². The number of rotatable bonds is 7. The fourth-order valence-corrected chi connectivity index (χ4v) is 4.26. The van der Waals surface area contributed by atoms with Gasteiger partial charge >= 0.3 is 0 Å². The molecule has 6 heteroatoms. The van der Waals surface area contributed by atoms with Crippen LogP contribution in [0.25, 0.3) is 5.76 Å². The molecule has 0 radical (unpaired) electrons.